The summed E-state index contributed by atoms with van der Waals surface area (Å²) in [7, 11) is 1.67. The van der Waals surface area contributed by atoms with Crippen LogP contribution < -0.4 is 9.47 Å². The first-order chi connectivity index (χ1) is 13.7. The third-order valence-electron chi connectivity index (χ3n) is 5.28. The molecule has 0 saturated heterocycles. The van der Waals surface area contributed by atoms with Gasteiger partial charge in [-0.25, -0.2) is 5.01 Å². The van der Waals surface area contributed by atoms with E-state index in [0.717, 1.165) is 39.8 Å². The van der Waals surface area contributed by atoms with Gasteiger partial charge in [0, 0.05) is 22.6 Å². The van der Waals surface area contributed by atoms with E-state index >= 15 is 0 Å². The second kappa shape index (κ2) is 6.88. The normalized spacial score (nSPS) is 20.1. The van der Waals surface area contributed by atoms with Crippen LogP contribution in [0.15, 0.2) is 77.9 Å². The van der Waals surface area contributed by atoms with Crippen molar-refractivity contribution in [1.29, 1.82) is 0 Å². The van der Waals surface area contributed by atoms with Gasteiger partial charge in [-0.1, -0.05) is 41.9 Å². The van der Waals surface area contributed by atoms with Crippen molar-refractivity contribution in [3.05, 3.63) is 94.5 Å². The standard InChI is InChI=1S/C23H19ClN2O2/c1-27-18-12-8-16(9-13-18)23-26-21(19-4-2-3-5-22(19)28-23)14-20(25-26)15-6-10-17(24)11-7-15/h2-13,21,23H,14H2,1H3/t21-,23-/m0/s1. The Balaban J connectivity index is 1.56. The highest BCUT2D eigenvalue weighted by atomic mass is 35.5. The van der Waals surface area contributed by atoms with E-state index in [0.29, 0.717) is 0 Å². The van der Waals surface area contributed by atoms with Crippen LogP contribution in [0, 0.1) is 0 Å². The number of rotatable bonds is 3. The molecule has 5 rings (SSSR count). The Kier molecular flexibility index (Phi) is 4.21. The molecular weight excluding hydrogens is 372 g/mol. The highest BCUT2D eigenvalue weighted by Gasteiger charge is 2.40. The van der Waals surface area contributed by atoms with E-state index in [1.54, 1.807) is 7.11 Å². The Hall–Kier alpha value is -2.98. The summed E-state index contributed by atoms with van der Waals surface area (Å²) in [4.78, 5) is 0. The van der Waals surface area contributed by atoms with Crippen molar-refractivity contribution in [1.82, 2.24) is 5.01 Å². The van der Waals surface area contributed by atoms with Crippen LogP contribution in [0.1, 0.15) is 35.4 Å². The van der Waals surface area contributed by atoms with Crippen molar-refractivity contribution < 1.29 is 9.47 Å². The SMILES string of the molecule is COc1ccc([C@@H]2Oc3ccccc3[C@@H]3CC(c4ccc(Cl)cc4)=NN32)cc1. The van der Waals surface area contributed by atoms with Crippen molar-refractivity contribution in [3.63, 3.8) is 0 Å². The molecule has 5 heteroatoms. The number of para-hydroxylation sites is 1. The van der Waals surface area contributed by atoms with Gasteiger partial charge in [0.1, 0.15) is 11.5 Å². The van der Waals surface area contributed by atoms with Gasteiger partial charge in [-0.3, -0.25) is 0 Å². The molecule has 2 aliphatic rings. The van der Waals surface area contributed by atoms with Crippen LogP contribution in [-0.2, 0) is 0 Å². The summed E-state index contributed by atoms with van der Waals surface area (Å²) in [6.45, 7) is 0. The molecule has 0 fully saturated rings. The molecule has 0 saturated carbocycles. The molecule has 0 N–H and O–H groups in total. The molecule has 0 aromatic heterocycles. The minimum absolute atomic E-state index is 0.141. The lowest BCUT2D eigenvalue weighted by Gasteiger charge is -2.38. The molecule has 0 bridgehead atoms. The first kappa shape index (κ1) is 17.1. The predicted molar refractivity (Wildman–Crippen MR) is 110 cm³/mol. The molecule has 0 spiro atoms. The summed E-state index contributed by atoms with van der Waals surface area (Å²) in [6.07, 6.45) is 0.546. The van der Waals surface area contributed by atoms with Crippen LogP contribution in [0.3, 0.4) is 0 Å². The largest absolute Gasteiger partial charge is 0.497 e. The zero-order chi connectivity index (χ0) is 19.1. The number of ether oxygens (including phenoxy) is 2. The van der Waals surface area contributed by atoms with Gasteiger partial charge in [0.25, 0.3) is 0 Å². The quantitative estimate of drug-likeness (QED) is 0.584. The van der Waals surface area contributed by atoms with Gasteiger partial charge in [-0.05, 0) is 48.0 Å². The number of fused-ring (bicyclic) bond motifs is 3. The van der Waals surface area contributed by atoms with E-state index in [9.17, 15) is 0 Å². The zero-order valence-electron chi connectivity index (χ0n) is 15.4. The van der Waals surface area contributed by atoms with Gasteiger partial charge < -0.3 is 9.47 Å². The smallest absolute Gasteiger partial charge is 0.213 e. The van der Waals surface area contributed by atoms with Gasteiger partial charge in [0.15, 0.2) is 0 Å². The molecule has 2 atom stereocenters. The van der Waals surface area contributed by atoms with E-state index in [1.807, 2.05) is 66.7 Å². The fraction of sp³-hybridized carbons (Fsp3) is 0.174. The van der Waals surface area contributed by atoms with Gasteiger partial charge in [0.05, 0.1) is 18.9 Å². The fourth-order valence-electron chi connectivity index (χ4n) is 3.84. The van der Waals surface area contributed by atoms with Gasteiger partial charge in [0.2, 0.25) is 6.23 Å². The Labute approximate surface area is 169 Å². The van der Waals surface area contributed by atoms with Gasteiger partial charge >= 0.3 is 0 Å². The molecular formula is C23H19ClN2O2. The van der Waals surface area contributed by atoms with Crippen LogP contribution in [0.2, 0.25) is 5.02 Å². The average molecular weight is 391 g/mol. The number of hydrazone groups is 1. The lowest BCUT2D eigenvalue weighted by atomic mass is 9.96. The average Bonchev–Trinajstić information content (AvgIpc) is 3.19. The number of hydrogen-bond acceptors (Lipinski definition) is 4. The molecule has 0 amide bonds. The Morgan fingerprint density at radius 1 is 1.00 bits per heavy atom. The summed E-state index contributed by atoms with van der Waals surface area (Å²) in [6, 6.07) is 24.2. The zero-order valence-corrected chi connectivity index (χ0v) is 16.1. The monoisotopic (exact) mass is 390 g/mol. The minimum atomic E-state index is -0.282. The number of halogens is 1. The van der Waals surface area contributed by atoms with Crippen LogP contribution >= 0.6 is 11.6 Å². The van der Waals surface area contributed by atoms with Gasteiger partial charge in [-0.2, -0.15) is 5.10 Å². The van der Waals surface area contributed by atoms with Crippen molar-refractivity contribution >= 4 is 17.3 Å². The summed E-state index contributed by atoms with van der Waals surface area (Å²) in [5.41, 5.74) is 4.34. The molecule has 0 unspecified atom stereocenters. The maximum Gasteiger partial charge on any atom is 0.213 e. The summed E-state index contributed by atoms with van der Waals surface area (Å²) < 4.78 is 11.7. The van der Waals surface area contributed by atoms with Gasteiger partial charge in [-0.15, -0.1) is 0 Å². The molecule has 2 aliphatic heterocycles. The van der Waals surface area contributed by atoms with E-state index in [4.69, 9.17) is 26.2 Å². The van der Waals surface area contributed by atoms with Crippen LogP contribution in [-0.4, -0.2) is 17.8 Å². The second-order valence-electron chi connectivity index (χ2n) is 6.93. The fourth-order valence-corrected chi connectivity index (χ4v) is 3.97. The summed E-state index contributed by atoms with van der Waals surface area (Å²) in [5, 5.41) is 7.76. The maximum absolute atomic E-state index is 6.37. The molecule has 2 heterocycles. The predicted octanol–water partition coefficient (Wildman–Crippen LogP) is 5.59. The molecule has 0 radical (unpaired) electrons. The Morgan fingerprint density at radius 3 is 2.50 bits per heavy atom. The van der Waals surface area contributed by atoms with E-state index in [1.165, 1.54) is 5.56 Å². The third kappa shape index (κ3) is 2.90. The minimum Gasteiger partial charge on any atom is -0.497 e. The molecule has 0 aliphatic carbocycles. The maximum atomic E-state index is 6.37. The first-order valence-electron chi connectivity index (χ1n) is 9.24. The highest BCUT2D eigenvalue weighted by molar-refractivity contribution is 6.30. The Bertz CT molecular complexity index is 1030. The number of benzene rings is 3. The van der Waals surface area contributed by atoms with Crippen LogP contribution in [0.4, 0.5) is 0 Å². The summed E-state index contributed by atoms with van der Waals surface area (Å²) >= 11 is 6.05. The lowest BCUT2D eigenvalue weighted by molar-refractivity contribution is -0.0190. The van der Waals surface area contributed by atoms with Crippen molar-refractivity contribution in [2.45, 2.75) is 18.7 Å². The number of methoxy groups -OCH3 is 1. The van der Waals surface area contributed by atoms with Crippen LogP contribution in [0.25, 0.3) is 0 Å². The van der Waals surface area contributed by atoms with Crippen molar-refractivity contribution in [3.8, 4) is 11.5 Å². The molecule has 4 nitrogen and oxygen atoms in total. The summed E-state index contributed by atoms with van der Waals surface area (Å²) in [5.74, 6) is 1.74. The topological polar surface area (TPSA) is 34.1 Å². The van der Waals surface area contributed by atoms with Crippen LogP contribution in [0.5, 0.6) is 11.5 Å². The van der Waals surface area contributed by atoms with E-state index < -0.39 is 0 Å². The molecule has 3 aromatic rings. The first-order valence-corrected chi connectivity index (χ1v) is 9.62. The molecule has 140 valence electrons. The number of hydrogen-bond donors (Lipinski definition) is 0. The lowest BCUT2D eigenvalue weighted by Crippen LogP contribution is -2.33. The third-order valence-corrected chi connectivity index (χ3v) is 5.53. The van der Waals surface area contributed by atoms with Crippen molar-refractivity contribution in [2.75, 3.05) is 7.11 Å². The molecule has 3 aromatic carbocycles. The van der Waals surface area contributed by atoms with E-state index in [-0.39, 0.29) is 12.3 Å². The number of nitrogens with zero attached hydrogens (tertiary/aromatic N) is 2. The highest BCUT2D eigenvalue weighted by Crippen LogP contribution is 2.47. The molecule has 28 heavy (non-hydrogen) atoms. The van der Waals surface area contributed by atoms with Crippen molar-refractivity contribution in [2.24, 2.45) is 5.10 Å². The van der Waals surface area contributed by atoms with E-state index in [2.05, 4.69) is 11.1 Å². The Morgan fingerprint density at radius 2 is 1.75 bits per heavy atom. The second-order valence-corrected chi connectivity index (χ2v) is 7.37.